The molecule has 2 rings (SSSR count). The van der Waals surface area contributed by atoms with Gasteiger partial charge in [0.05, 0.1) is 6.20 Å². The second kappa shape index (κ2) is 3.76. The first-order chi connectivity index (χ1) is 6.34. The first-order valence-corrected chi connectivity index (χ1v) is 4.60. The monoisotopic (exact) mass is 213 g/mol. The number of nitrogens with zero attached hydrogens (tertiary/aromatic N) is 3. The van der Waals surface area contributed by atoms with E-state index in [1.165, 1.54) is 18.0 Å². The smallest absolute Gasteiger partial charge is 0.262 e. The highest BCUT2D eigenvalue weighted by Gasteiger charge is 2.02. The summed E-state index contributed by atoms with van der Waals surface area (Å²) in [4.78, 5) is 3.93. The van der Waals surface area contributed by atoms with E-state index in [0.29, 0.717) is 15.4 Å². The van der Waals surface area contributed by atoms with Gasteiger partial charge in [0.25, 0.3) is 5.22 Å². The molecule has 0 fully saturated rings. The van der Waals surface area contributed by atoms with Gasteiger partial charge in [-0.3, -0.25) is 0 Å². The molecule has 0 aliphatic rings. The van der Waals surface area contributed by atoms with Crippen molar-refractivity contribution in [2.75, 3.05) is 0 Å². The minimum absolute atomic E-state index is 0.372. The van der Waals surface area contributed by atoms with Crippen LogP contribution in [0.5, 0.6) is 0 Å². The summed E-state index contributed by atoms with van der Waals surface area (Å²) >= 11 is 6.86. The van der Waals surface area contributed by atoms with Crippen LogP contribution in [-0.2, 0) is 0 Å². The van der Waals surface area contributed by atoms with Gasteiger partial charge in [-0.2, -0.15) is 0 Å². The lowest BCUT2D eigenvalue weighted by molar-refractivity contribution is 0.454. The van der Waals surface area contributed by atoms with Crippen molar-refractivity contribution in [3.8, 4) is 0 Å². The molecule has 0 amide bonds. The number of aromatic nitrogens is 3. The Labute approximate surface area is 83.3 Å². The molecular formula is C7H4ClN3OS. The lowest BCUT2D eigenvalue weighted by Crippen LogP contribution is -1.84. The molecule has 2 aromatic heterocycles. The molecule has 66 valence electrons. The van der Waals surface area contributed by atoms with Gasteiger partial charge in [-0.1, -0.05) is 11.6 Å². The van der Waals surface area contributed by atoms with E-state index in [2.05, 4.69) is 15.2 Å². The Morgan fingerprint density at radius 2 is 2.23 bits per heavy atom. The maximum Gasteiger partial charge on any atom is 0.262 e. The molecule has 0 unspecified atom stereocenters. The van der Waals surface area contributed by atoms with Crippen LogP contribution in [0.2, 0.25) is 5.15 Å². The molecule has 2 aromatic rings. The van der Waals surface area contributed by atoms with E-state index < -0.39 is 0 Å². The van der Waals surface area contributed by atoms with Crippen LogP contribution >= 0.6 is 23.4 Å². The molecule has 6 heteroatoms. The van der Waals surface area contributed by atoms with E-state index in [0.717, 1.165) is 0 Å². The standard InChI is InChI=1S/C7H4ClN3OS/c8-5-1-2-6(11-10-5)13-7-9-3-4-12-7/h1-4H. The maximum atomic E-state index is 5.57. The fourth-order valence-corrected chi connectivity index (χ4v) is 1.42. The Morgan fingerprint density at radius 3 is 2.85 bits per heavy atom. The molecule has 0 bridgehead atoms. The number of oxazole rings is 1. The number of halogens is 1. The van der Waals surface area contributed by atoms with Gasteiger partial charge in [-0.05, 0) is 23.9 Å². The molecule has 0 aliphatic heterocycles. The molecule has 4 nitrogen and oxygen atoms in total. The van der Waals surface area contributed by atoms with E-state index in [-0.39, 0.29) is 0 Å². The predicted octanol–water partition coefficient (Wildman–Crippen LogP) is 2.27. The Kier molecular flexibility index (Phi) is 2.47. The van der Waals surface area contributed by atoms with E-state index >= 15 is 0 Å². The molecular weight excluding hydrogens is 210 g/mol. The van der Waals surface area contributed by atoms with Crippen molar-refractivity contribution >= 4 is 23.4 Å². The van der Waals surface area contributed by atoms with Gasteiger partial charge in [0.2, 0.25) is 0 Å². The minimum atomic E-state index is 0.372. The molecule has 13 heavy (non-hydrogen) atoms. The Hall–Kier alpha value is -1.07. The van der Waals surface area contributed by atoms with E-state index in [1.54, 1.807) is 18.3 Å². The summed E-state index contributed by atoms with van der Waals surface area (Å²) in [5.41, 5.74) is 0. The van der Waals surface area contributed by atoms with Crippen LogP contribution in [0.15, 0.2) is 39.3 Å². The summed E-state index contributed by atoms with van der Waals surface area (Å²) in [5.74, 6) is 0. The minimum Gasteiger partial charge on any atom is -0.440 e. The summed E-state index contributed by atoms with van der Waals surface area (Å²) in [6, 6.07) is 3.42. The number of hydrogen-bond donors (Lipinski definition) is 0. The summed E-state index contributed by atoms with van der Waals surface area (Å²) in [7, 11) is 0. The molecule has 0 atom stereocenters. The summed E-state index contributed by atoms with van der Waals surface area (Å²) in [6.07, 6.45) is 3.08. The second-order valence-electron chi connectivity index (χ2n) is 2.09. The third kappa shape index (κ3) is 2.19. The van der Waals surface area contributed by atoms with Gasteiger partial charge in [0.15, 0.2) is 5.15 Å². The quantitative estimate of drug-likeness (QED) is 0.766. The van der Waals surface area contributed by atoms with Crippen LogP contribution in [0.25, 0.3) is 0 Å². The number of rotatable bonds is 2. The van der Waals surface area contributed by atoms with E-state index in [9.17, 15) is 0 Å². The topological polar surface area (TPSA) is 51.8 Å². The zero-order chi connectivity index (χ0) is 9.10. The molecule has 0 saturated heterocycles. The van der Waals surface area contributed by atoms with Gasteiger partial charge >= 0.3 is 0 Å². The first kappa shape index (κ1) is 8.52. The highest BCUT2D eigenvalue weighted by atomic mass is 35.5. The predicted molar refractivity (Wildman–Crippen MR) is 47.7 cm³/mol. The molecule has 2 heterocycles. The average molecular weight is 214 g/mol. The summed E-state index contributed by atoms with van der Waals surface area (Å²) < 4.78 is 5.02. The van der Waals surface area contributed by atoms with Crippen LogP contribution in [0.1, 0.15) is 0 Å². The van der Waals surface area contributed by atoms with Gasteiger partial charge < -0.3 is 4.42 Å². The van der Waals surface area contributed by atoms with Crippen LogP contribution < -0.4 is 0 Å². The largest absolute Gasteiger partial charge is 0.440 e. The molecule has 0 aromatic carbocycles. The lowest BCUT2D eigenvalue weighted by atomic mass is 10.6. The van der Waals surface area contributed by atoms with Crippen molar-refractivity contribution in [2.24, 2.45) is 0 Å². The van der Waals surface area contributed by atoms with Crippen LogP contribution in [0.4, 0.5) is 0 Å². The zero-order valence-electron chi connectivity index (χ0n) is 6.35. The van der Waals surface area contributed by atoms with Crippen molar-refractivity contribution in [1.82, 2.24) is 15.2 Å². The van der Waals surface area contributed by atoms with E-state index in [1.807, 2.05) is 0 Å². The lowest BCUT2D eigenvalue weighted by Gasteiger charge is -1.93. The van der Waals surface area contributed by atoms with Crippen LogP contribution in [0, 0.1) is 0 Å². The van der Waals surface area contributed by atoms with Gasteiger partial charge in [0.1, 0.15) is 11.3 Å². The Bertz CT molecular complexity index is 375. The van der Waals surface area contributed by atoms with Crippen LogP contribution in [0.3, 0.4) is 0 Å². The van der Waals surface area contributed by atoms with Crippen LogP contribution in [-0.4, -0.2) is 15.2 Å². The normalized spacial score (nSPS) is 10.2. The first-order valence-electron chi connectivity index (χ1n) is 3.41. The molecule has 0 saturated carbocycles. The number of hydrogen-bond acceptors (Lipinski definition) is 5. The third-order valence-corrected chi connectivity index (χ3v) is 2.21. The second-order valence-corrected chi connectivity index (χ2v) is 3.45. The molecule has 0 N–H and O–H groups in total. The Balaban J connectivity index is 2.15. The average Bonchev–Trinajstić information content (AvgIpc) is 2.62. The van der Waals surface area contributed by atoms with Crippen molar-refractivity contribution in [3.63, 3.8) is 0 Å². The Morgan fingerprint density at radius 1 is 1.31 bits per heavy atom. The SMILES string of the molecule is Clc1ccc(Sc2ncco2)nn1. The fourth-order valence-electron chi connectivity index (χ4n) is 0.708. The van der Waals surface area contributed by atoms with Gasteiger partial charge in [-0.15, -0.1) is 10.2 Å². The fraction of sp³-hybridized carbons (Fsp3) is 0. The highest BCUT2D eigenvalue weighted by Crippen LogP contribution is 2.23. The maximum absolute atomic E-state index is 5.57. The zero-order valence-corrected chi connectivity index (χ0v) is 7.92. The molecule has 0 aliphatic carbocycles. The van der Waals surface area contributed by atoms with Crippen molar-refractivity contribution < 1.29 is 4.42 Å². The molecule has 0 radical (unpaired) electrons. The van der Waals surface area contributed by atoms with Gasteiger partial charge in [0, 0.05) is 0 Å². The van der Waals surface area contributed by atoms with Crippen molar-refractivity contribution in [3.05, 3.63) is 29.7 Å². The van der Waals surface area contributed by atoms with Gasteiger partial charge in [-0.25, -0.2) is 4.98 Å². The summed E-state index contributed by atoms with van der Waals surface area (Å²) in [6.45, 7) is 0. The molecule has 0 spiro atoms. The van der Waals surface area contributed by atoms with Crippen molar-refractivity contribution in [1.29, 1.82) is 0 Å². The summed E-state index contributed by atoms with van der Waals surface area (Å²) in [5, 5.41) is 9.13. The van der Waals surface area contributed by atoms with Crippen molar-refractivity contribution in [2.45, 2.75) is 10.2 Å². The third-order valence-electron chi connectivity index (χ3n) is 1.21. The highest BCUT2D eigenvalue weighted by molar-refractivity contribution is 7.99. The van der Waals surface area contributed by atoms with E-state index in [4.69, 9.17) is 16.0 Å².